The van der Waals surface area contributed by atoms with Gasteiger partial charge in [0.25, 0.3) is 6.43 Å². The van der Waals surface area contributed by atoms with Gasteiger partial charge in [0.2, 0.25) is 0 Å². The summed E-state index contributed by atoms with van der Waals surface area (Å²) < 4.78 is 27.4. The van der Waals surface area contributed by atoms with Crippen molar-refractivity contribution in [2.75, 3.05) is 13.2 Å². The van der Waals surface area contributed by atoms with Crippen molar-refractivity contribution in [1.29, 1.82) is 0 Å². The molecule has 0 aromatic heterocycles. The van der Waals surface area contributed by atoms with Crippen LogP contribution in [0.4, 0.5) is 8.78 Å². The number of alkyl halides is 2. The summed E-state index contributed by atoms with van der Waals surface area (Å²) in [5.74, 6) is 0. The number of ether oxygens (including phenoxy) is 1. The van der Waals surface area contributed by atoms with Gasteiger partial charge in [-0.2, -0.15) is 0 Å². The second kappa shape index (κ2) is 5.56. The highest BCUT2D eigenvalue weighted by Gasteiger charge is 2.01. The van der Waals surface area contributed by atoms with Crippen molar-refractivity contribution < 1.29 is 13.5 Å². The zero-order valence-electron chi connectivity index (χ0n) is 6.02. The van der Waals surface area contributed by atoms with Gasteiger partial charge in [0, 0.05) is 12.6 Å². The van der Waals surface area contributed by atoms with E-state index in [0.29, 0.717) is 13.0 Å². The van der Waals surface area contributed by atoms with Gasteiger partial charge in [0.1, 0.15) is 6.61 Å². The van der Waals surface area contributed by atoms with E-state index in [4.69, 9.17) is 5.73 Å². The summed E-state index contributed by atoms with van der Waals surface area (Å²) in [5, 5.41) is 0. The number of rotatable bonds is 5. The molecule has 0 aliphatic rings. The Kier molecular flexibility index (Phi) is 5.43. The summed E-state index contributed by atoms with van der Waals surface area (Å²) >= 11 is 0. The normalized spacial score (nSPS) is 14.1. The Morgan fingerprint density at radius 3 is 2.50 bits per heavy atom. The molecule has 0 aliphatic heterocycles. The van der Waals surface area contributed by atoms with Crippen molar-refractivity contribution in [3.05, 3.63) is 0 Å². The Bertz CT molecular complexity index is 68.1. The summed E-state index contributed by atoms with van der Waals surface area (Å²) in [6.45, 7) is 1.65. The van der Waals surface area contributed by atoms with Gasteiger partial charge in [0.15, 0.2) is 0 Å². The Labute approximate surface area is 59.3 Å². The molecule has 0 rings (SSSR count). The lowest BCUT2D eigenvalue weighted by molar-refractivity contribution is 0.0156. The zero-order valence-corrected chi connectivity index (χ0v) is 6.02. The fraction of sp³-hybridized carbons (Fsp3) is 1.00. The maximum Gasteiger partial charge on any atom is 0.261 e. The van der Waals surface area contributed by atoms with E-state index in [1.165, 1.54) is 0 Å². The van der Waals surface area contributed by atoms with E-state index in [1.807, 2.05) is 6.92 Å². The van der Waals surface area contributed by atoms with Crippen molar-refractivity contribution >= 4 is 0 Å². The second-order valence-electron chi connectivity index (χ2n) is 2.23. The summed E-state index contributed by atoms with van der Waals surface area (Å²) in [7, 11) is 0. The average molecular weight is 153 g/mol. The molecule has 2 nitrogen and oxygen atoms in total. The van der Waals surface area contributed by atoms with E-state index in [0.717, 1.165) is 0 Å². The fourth-order valence-corrected chi connectivity index (χ4v) is 0.442. The maximum atomic E-state index is 11.4. The van der Waals surface area contributed by atoms with Crippen molar-refractivity contribution in [3.8, 4) is 0 Å². The summed E-state index contributed by atoms with van der Waals surface area (Å²) in [6.07, 6.45) is -1.74. The third-order valence-electron chi connectivity index (χ3n) is 0.961. The Hall–Kier alpha value is -0.220. The van der Waals surface area contributed by atoms with Gasteiger partial charge < -0.3 is 10.5 Å². The minimum Gasteiger partial charge on any atom is -0.375 e. The average Bonchev–Trinajstić information content (AvgIpc) is 1.79. The molecule has 0 heterocycles. The van der Waals surface area contributed by atoms with E-state index in [2.05, 4.69) is 4.74 Å². The van der Waals surface area contributed by atoms with Gasteiger partial charge >= 0.3 is 0 Å². The SMILES string of the molecule is CC(N)CCOCC(F)F. The van der Waals surface area contributed by atoms with Crippen LogP contribution in [0.1, 0.15) is 13.3 Å². The molecule has 0 aromatic rings. The van der Waals surface area contributed by atoms with E-state index >= 15 is 0 Å². The first kappa shape index (κ1) is 9.78. The largest absolute Gasteiger partial charge is 0.375 e. The minimum atomic E-state index is -2.37. The summed E-state index contributed by atoms with van der Waals surface area (Å²) in [6, 6.07) is 0.0256. The molecular weight excluding hydrogens is 140 g/mol. The third-order valence-corrected chi connectivity index (χ3v) is 0.961. The number of hydrogen-bond acceptors (Lipinski definition) is 2. The number of nitrogens with two attached hydrogens (primary N) is 1. The molecule has 62 valence electrons. The molecule has 0 fully saturated rings. The first-order valence-electron chi connectivity index (χ1n) is 3.24. The molecule has 1 unspecified atom stereocenters. The Morgan fingerprint density at radius 2 is 2.10 bits per heavy atom. The van der Waals surface area contributed by atoms with Gasteiger partial charge in [-0.1, -0.05) is 0 Å². The smallest absolute Gasteiger partial charge is 0.261 e. The van der Waals surface area contributed by atoms with Crippen molar-refractivity contribution in [3.63, 3.8) is 0 Å². The quantitative estimate of drug-likeness (QED) is 0.598. The van der Waals surface area contributed by atoms with Gasteiger partial charge in [-0.05, 0) is 13.3 Å². The highest BCUT2D eigenvalue weighted by molar-refractivity contribution is 4.50. The highest BCUT2D eigenvalue weighted by Crippen LogP contribution is 1.94. The maximum absolute atomic E-state index is 11.4. The molecule has 0 radical (unpaired) electrons. The van der Waals surface area contributed by atoms with E-state index in [9.17, 15) is 8.78 Å². The lowest BCUT2D eigenvalue weighted by Crippen LogP contribution is -2.18. The summed E-state index contributed by atoms with van der Waals surface area (Å²) in [4.78, 5) is 0. The van der Waals surface area contributed by atoms with E-state index < -0.39 is 13.0 Å². The predicted octanol–water partition coefficient (Wildman–Crippen LogP) is 1.01. The molecular formula is C6H13F2NO. The molecule has 0 saturated heterocycles. The molecule has 0 saturated carbocycles. The molecule has 1 atom stereocenters. The van der Waals surface area contributed by atoms with Crippen LogP contribution in [0.5, 0.6) is 0 Å². The molecule has 0 aliphatic carbocycles. The molecule has 0 bridgehead atoms. The minimum absolute atomic E-state index is 0.0256. The van der Waals surface area contributed by atoms with Crippen LogP contribution in [0.3, 0.4) is 0 Å². The molecule has 0 spiro atoms. The Balaban J connectivity index is 2.91. The van der Waals surface area contributed by atoms with Crippen LogP contribution < -0.4 is 5.73 Å². The summed E-state index contributed by atoms with van der Waals surface area (Å²) in [5.41, 5.74) is 5.34. The molecule has 4 heteroatoms. The first-order chi connectivity index (χ1) is 4.63. The van der Waals surface area contributed by atoms with Crippen molar-refractivity contribution in [2.24, 2.45) is 5.73 Å². The predicted molar refractivity (Wildman–Crippen MR) is 35.1 cm³/mol. The topological polar surface area (TPSA) is 35.2 Å². The van der Waals surface area contributed by atoms with Crippen LogP contribution in [-0.4, -0.2) is 25.7 Å². The van der Waals surface area contributed by atoms with Crippen LogP contribution in [-0.2, 0) is 4.74 Å². The highest BCUT2D eigenvalue weighted by atomic mass is 19.3. The van der Waals surface area contributed by atoms with Gasteiger partial charge in [-0.3, -0.25) is 0 Å². The molecule has 0 amide bonds. The second-order valence-corrected chi connectivity index (χ2v) is 2.23. The first-order valence-corrected chi connectivity index (χ1v) is 3.24. The lowest BCUT2D eigenvalue weighted by Gasteiger charge is -2.04. The van der Waals surface area contributed by atoms with E-state index in [-0.39, 0.29) is 6.04 Å². The van der Waals surface area contributed by atoms with Crippen LogP contribution in [0.2, 0.25) is 0 Å². The van der Waals surface area contributed by atoms with E-state index in [1.54, 1.807) is 0 Å². The van der Waals surface area contributed by atoms with Crippen LogP contribution in [0, 0.1) is 0 Å². The molecule has 2 N–H and O–H groups in total. The fourth-order valence-electron chi connectivity index (χ4n) is 0.442. The van der Waals surface area contributed by atoms with Crippen LogP contribution >= 0.6 is 0 Å². The zero-order chi connectivity index (χ0) is 7.98. The van der Waals surface area contributed by atoms with Crippen molar-refractivity contribution in [2.45, 2.75) is 25.8 Å². The number of hydrogen-bond donors (Lipinski definition) is 1. The Morgan fingerprint density at radius 1 is 1.50 bits per heavy atom. The van der Waals surface area contributed by atoms with Crippen LogP contribution in [0.25, 0.3) is 0 Å². The molecule has 10 heavy (non-hydrogen) atoms. The lowest BCUT2D eigenvalue weighted by atomic mass is 10.3. The number of halogens is 2. The monoisotopic (exact) mass is 153 g/mol. The molecule has 0 aromatic carbocycles. The van der Waals surface area contributed by atoms with Crippen molar-refractivity contribution in [1.82, 2.24) is 0 Å². The third kappa shape index (κ3) is 7.78. The van der Waals surface area contributed by atoms with Gasteiger partial charge in [0.05, 0.1) is 0 Å². The van der Waals surface area contributed by atoms with Gasteiger partial charge in [-0.15, -0.1) is 0 Å². The van der Waals surface area contributed by atoms with Crippen LogP contribution in [0.15, 0.2) is 0 Å². The van der Waals surface area contributed by atoms with Gasteiger partial charge in [-0.25, -0.2) is 8.78 Å². The standard InChI is InChI=1S/C6H13F2NO/c1-5(9)2-3-10-4-6(7)8/h5-6H,2-4,9H2,1H3.